The van der Waals surface area contributed by atoms with Gasteiger partial charge in [-0.3, -0.25) is 0 Å². The van der Waals surface area contributed by atoms with Gasteiger partial charge in [-0.15, -0.1) is 0 Å². The maximum atomic E-state index is 9.26. The Balaban J connectivity index is 2.62. The summed E-state index contributed by atoms with van der Waals surface area (Å²) < 4.78 is 0.878. The Morgan fingerprint density at radius 1 is 1.62 bits per heavy atom. The van der Waals surface area contributed by atoms with Crippen molar-refractivity contribution in [3.05, 3.63) is 22.6 Å². The van der Waals surface area contributed by atoms with Gasteiger partial charge in [-0.25, -0.2) is 9.97 Å². The summed E-state index contributed by atoms with van der Waals surface area (Å²) in [5.74, 6) is 0.542. The second-order valence-corrected chi connectivity index (χ2v) is 3.73. The first kappa shape index (κ1) is 8.65. The molecule has 2 rings (SSSR count). The molecule has 2 N–H and O–H groups in total. The van der Waals surface area contributed by atoms with Crippen LogP contribution in [0.1, 0.15) is 18.9 Å². The number of nitrogens with zero attached hydrogens (tertiary/aromatic N) is 2. The molecule has 0 radical (unpaired) electrons. The Bertz CT molecular complexity index is 438. The number of nitrogens with one attached hydrogen (secondary N) is 1. The van der Waals surface area contributed by atoms with Crippen molar-refractivity contribution in [2.45, 2.75) is 13.0 Å². The quantitative estimate of drug-likeness (QED) is 0.801. The molecule has 0 amide bonds. The van der Waals surface area contributed by atoms with Crippen LogP contribution in [-0.4, -0.2) is 20.1 Å². The van der Waals surface area contributed by atoms with E-state index in [4.69, 9.17) is 0 Å². The van der Waals surface area contributed by atoms with Crippen LogP contribution in [0.15, 0.2) is 16.7 Å². The predicted molar refractivity (Wildman–Crippen MR) is 52.2 cm³/mol. The Labute approximate surface area is 83.2 Å². The number of H-pyrrole nitrogens is 1. The lowest BCUT2D eigenvalue weighted by Gasteiger charge is -1.94. The molecule has 4 nitrogen and oxygen atoms in total. The van der Waals surface area contributed by atoms with Crippen molar-refractivity contribution in [1.82, 2.24) is 15.0 Å². The highest BCUT2D eigenvalue weighted by Gasteiger charge is 2.07. The maximum absolute atomic E-state index is 9.26. The molecular weight excluding hydrogens is 234 g/mol. The van der Waals surface area contributed by atoms with Gasteiger partial charge < -0.3 is 10.1 Å². The zero-order valence-corrected chi connectivity index (χ0v) is 8.54. The number of hydrogen-bond donors (Lipinski definition) is 2. The van der Waals surface area contributed by atoms with E-state index in [2.05, 4.69) is 30.9 Å². The predicted octanol–water partition coefficient (Wildman–Crippen LogP) is 1.77. The molecule has 0 saturated carbocycles. The lowest BCUT2D eigenvalue weighted by Crippen LogP contribution is -1.92. The van der Waals surface area contributed by atoms with E-state index in [0.29, 0.717) is 11.5 Å². The Morgan fingerprint density at radius 2 is 2.38 bits per heavy atom. The molecule has 13 heavy (non-hydrogen) atoms. The minimum atomic E-state index is -0.590. The van der Waals surface area contributed by atoms with E-state index in [1.165, 1.54) is 0 Å². The number of aromatic nitrogens is 3. The van der Waals surface area contributed by atoms with Gasteiger partial charge in [0.1, 0.15) is 17.4 Å². The monoisotopic (exact) mass is 241 g/mol. The van der Waals surface area contributed by atoms with Crippen molar-refractivity contribution in [2.75, 3.05) is 0 Å². The smallest absolute Gasteiger partial charge is 0.157 e. The normalized spacial score (nSPS) is 13.5. The zero-order valence-electron chi connectivity index (χ0n) is 6.95. The van der Waals surface area contributed by atoms with Gasteiger partial charge in [-0.05, 0) is 28.9 Å². The summed E-state index contributed by atoms with van der Waals surface area (Å²) in [5, 5.41) is 9.26. The van der Waals surface area contributed by atoms with E-state index < -0.39 is 6.10 Å². The molecule has 0 saturated heterocycles. The van der Waals surface area contributed by atoms with Crippen LogP contribution in [0.2, 0.25) is 0 Å². The van der Waals surface area contributed by atoms with Crippen molar-refractivity contribution >= 4 is 27.1 Å². The van der Waals surface area contributed by atoms with Gasteiger partial charge in [0, 0.05) is 10.7 Å². The molecule has 68 valence electrons. The Morgan fingerprint density at radius 3 is 3.08 bits per heavy atom. The molecule has 2 aromatic rings. The van der Waals surface area contributed by atoms with E-state index in [1.54, 1.807) is 13.1 Å². The number of fused-ring (bicyclic) bond motifs is 1. The van der Waals surface area contributed by atoms with Crippen molar-refractivity contribution < 1.29 is 5.11 Å². The molecule has 1 atom stereocenters. The Kier molecular flexibility index (Phi) is 2.05. The molecule has 0 aliphatic carbocycles. The SMILES string of the molecule is CC(O)c1nc2cc(Br)cnc2[nH]1. The highest BCUT2D eigenvalue weighted by Crippen LogP contribution is 2.17. The molecule has 1 unspecified atom stereocenters. The first-order valence-corrected chi connectivity index (χ1v) is 4.65. The molecule has 0 aromatic carbocycles. The highest BCUT2D eigenvalue weighted by molar-refractivity contribution is 9.10. The molecule has 0 aliphatic heterocycles. The standard InChI is InChI=1S/C8H8BrN3O/c1-4(13)7-11-6-2-5(9)3-10-8(6)12-7/h2-4,13H,1H3,(H,10,11,12). The van der Waals surface area contributed by atoms with Crippen LogP contribution in [-0.2, 0) is 0 Å². The summed E-state index contributed by atoms with van der Waals surface area (Å²) in [6.07, 6.45) is 1.10. The van der Waals surface area contributed by atoms with Gasteiger partial charge in [-0.1, -0.05) is 0 Å². The number of aliphatic hydroxyl groups excluding tert-OH is 1. The lowest BCUT2D eigenvalue weighted by molar-refractivity contribution is 0.190. The van der Waals surface area contributed by atoms with Gasteiger partial charge >= 0.3 is 0 Å². The maximum Gasteiger partial charge on any atom is 0.157 e. The fraction of sp³-hybridized carbons (Fsp3) is 0.250. The largest absolute Gasteiger partial charge is 0.385 e. The van der Waals surface area contributed by atoms with Crippen LogP contribution < -0.4 is 0 Å². The summed E-state index contributed by atoms with van der Waals surface area (Å²) in [5.41, 5.74) is 1.45. The third kappa shape index (κ3) is 1.57. The number of pyridine rings is 1. The number of imidazole rings is 1. The van der Waals surface area contributed by atoms with Gasteiger partial charge in [0.25, 0.3) is 0 Å². The van der Waals surface area contributed by atoms with Crippen molar-refractivity contribution in [1.29, 1.82) is 0 Å². The number of hydrogen-bond acceptors (Lipinski definition) is 3. The molecular formula is C8H8BrN3O. The number of rotatable bonds is 1. The van der Waals surface area contributed by atoms with Crippen LogP contribution in [0.3, 0.4) is 0 Å². The summed E-state index contributed by atoms with van der Waals surface area (Å²) >= 11 is 3.30. The summed E-state index contributed by atoms with van der Waals surface area (Å²) in [6, 6.07) is 1.85. The van der Waals surface area contributed by atoms with E-state index in [-0.39, 0.29) is 0 Å². The molecule has 0 spiro atoms. The van der Waals surface area contributed by atoms with Gasteiger partial charge in [-0.2, -0.15) is 0 Å². The lowest BCUT2D eigenvalue weighted by atomic mass is 10.4. The summed E-state index contributed by atoms with van der Waals surface area (Å²) in [6.45, 7) is 1.66. The summed E-state index contributed by atoms with van der Waals surface area (Å²) in [7, 11) is 0. The van der Waals surface area contributed by atoms with Crippen LogP contribution >= 0.6 is 15.9 Å². The minimum absolute atomic E-state index is 0.542. The Hall–Kier alpha value is -0.940. The molecule has 0 aliphatic rings. The fourth-order valence-electron chi connectivity index (χ4n) is 1.09. The van der Waals surface area contributed by atoms with Gasteiger partial charge in [0.2, 0.25) is 0 Å². The van der Waals surface area contributed by atoms with Crippen molar-refractivity contribution in [3.8, 4) is 0 Å². The van der Waals surface area contributed by atoms with E-state index in [1.807, 2.05) is 6.07 Å². The third-order valence-electron chi connectivity index (χ3n) is 1.72. The van der Waals surface area contributed by atoms with Gasteiger partial charge in [0.05, 0.1) is 0 Å². The molecule has 2 heterocycles. The van der Waals surface area contributed by atoms with Gasteiger partial charge in [0.15, 0.2) is 5.65 Å². The van der Waals surface area contributed by atoms with Crippen LogP contribution in [0.5, 0.6) is 0 Å². The van der Waals surface area contributed by atoms with Crippen LogP contribution in [0.25, 0.3) is 11.2 Å². The highest BCUT2D eigenvalue weighted by atomic mass is 79.9. The van der Waals surface area contributed by atoms with Crippen molar-refractivity contribution in [2.24, 2.45) is 0 Å². The molecule has 0 fully saturated rings. The van der Waals surface area contributed by atoms with E-state index in [9.17, 15) is 5.11 Å². The van der Waals surface area contributed by atoms with E-state index in [0.717, 1.165) is 9.99 Å². The van der Waals surface area contributed by atoms with Crippen LogP contribution in [0.4, 0.5) is 0 Å². The minimum Gasteiger partial charge on any atom is -0.385 e. The van der Waals surface area contributed by atoms with E-state index >= 15 is 0 Å². The number of halogens is 1. The zero-order chi connectivity index (χ0) is 9.42. The molecule has 2 aromatic heterocycles. The molecule has 5 heteroatoms. The third-order valence-corrected chi connectivity index (χ3v) is 2.15. The molecule has 0 bridgehead atoms. The van der Waals surface area contributed by atoms with Crippen molar-refractivity contribution in [3.63, 3.8) is 0 Å². The average Bonchev–Trinajstić information content (AvgIpc) is 2.46. The fourth-order valence-corrected chi connectivity index (χ4v) is 1.41. The number of aliphatic hydroxyl groups is 1. The first-order chi connectivity index (χ1) is 6.16. The second kappa shape index (κ2) is 3.08. The topological polar surface area (TPSA) is 61.8 Å². The average molecular weight is 242 g/mol. The second-order valence-electron chi connectivity index (χ2n) is 2.82. The van der Waals surface area contributed by atoms with Crippen LogP contribution in [0, 0.1) is 0 Å². The first-order valence-electron chi connectivity index (χ1n) is 3.86. The summed E-state index contributed by atoms with van der Waals surface area (Å²) in [4.78, 5) is 11.2. The number of aromatic amines is 1.